The fraction of sp³-hybridized carbons (Fsp3) is 0.727. The molecule has 1 heterocycles. The van der Waals surface area contributed by atoms with Crippen LogP contribution in [0.3, 0.4) is 0 Å². The summed E-state index contributed by atoms with van der Waals surface area (Å²) in [4.78, 5) is 0. The maximum absolute atomic E-state index is 4.22. The van der Waals surface area contributed by atoms with Crippen LogP contribution in [0.4, 0.5) is 5.69 Å². The number of hydrogen-bond donors (Lipinski definition) is 1. The highest BCUT2D eigenvalue weighted by Crippen LogP contribution is 2.34. The molecule has 1 atom stereocenters. The second-order valence-electron chi connectivity index (χ2n) is 4.49. The van der Waals surface area contributed by atoms with Crippen molar-refractivity contribution in [3.05, 3.63) is 11.9 Å². The lowest BCUT2D eigenvalue weighted by Gasteiger charge is -2.13. The molecule has 2 rings (SSSR count). The molecule has 0 amide bonds. The zero-order valence-electron chi connectivity index (χ0n) is 9.25. The quantitative estimate of drug-likeness (QED) is 0.795. The van der Waals surface area contributed by atoms with Crippen molar-refractivity contribution in [1.82, 2.24) is 9.78 Å². The lowest BCUT2D eigenvalue weighted by Crippen LogP contribution is -2.16. The minimum atomic E-state index is 0.574. The molecule has 0 saturated heterocycles. The molecule has 1 aliphatic rings. The lowest BCUT2D eigenvalue weighted by molar-refractivity contribution is 0.641. The van der Waals surface area contributed by atoms with E-state index in [0.717, 1.165) is 5.92 Å². The smallest absolute Gasteiger partial charge is 0.0758 e. The average Bonchev–Trinajstić information content (AvgIpc) is 2.89. The Morgan fingerprint density at radius 1 is 1.64 bits per heavy atom. The summed E-state index contributed by atoms with van der Waals surface area (Å²) < 4.78 is 1.91. The van der Waals surface area contributed by atoms with Gasteiger partial charge >= 0.3 is 0 Å². The van der Waals surface area contributed by atoms with Gasteiger partial charge in [0.2, 0.25) is 0 Å². The maximum atomic E-state index is 4.22. The molecule has 1 N–H and O–H groups in total. The normalized spacial score (nSPS) is 18.2. The zero-order chi connectivity index (χ0) is 10.1. The van der Waals surface area contributed by atoms with Gasteiger partial charge in [-0.3, -0.25) is 4.68 Å². The van der Waals surface area contributed by atoms with Gasteiger partial charge in [0.15, 0.2) is 0 Å². The van der Waals surface area contributed by atoms with Gasteiger partial charge in [-0.1, -0.05) is 12.8 Å². The Morgan fingerprint density at radius 2 is 2.36 bits per heavy atom. The molecular weight excluding hydrogens is 174 g/mol. The SMILES string of the molecule is Cc1c(NC(C)CC2CC2)cnn1C. The third kappa shape index (κ3) is 2.08. The number of rotatable bonds is 4. The van der Waals surface area contributed by atoms with Crippen LogP contribution in [0, 0.1) is 12.8 Å². The van der Waals surface area contributed by atoms with Gasteiger partial charge in [-0.25, -0.2) is 0 Å². The molecule has 1 aromatic heterocycles. The maximum Gasteiger partial charge on any atom is 0.0758 e. The van der Waals surface area contributed by atoms with E-state index in [1.54, 1.807) is 0 Å². The number of aromatic nitrogens is 2. The minimum absolute atomic E-state index is 0.574. The molecule has 1 fully saturated rings. The summed E-state index contributed by atoms with van der Waals surface area (Å²) in [6.45, 7) is 4.35. The monoisotopic (exact) mass is 193 g/mol. The summed E-state index contributed by atoms with van der Waals surface area (Å²) in [6.07, 6.45) is 6.07. The average molecular weight is 193 g/mol. The molecule has 3 nitrogen and oxygen atoms in total. The summed E-state index contributed by atoms with van der Waals surface area (Å²) >= 11 is 0. The number of hydrogen-bond acceptors (Lipinski definition) is 2. The van der Waals surface area contributed by atoms with Gasteiger partial charge in [-0.05, 0) is 26.2 Å². The van der Waals surface area contributed by atoms with Crippen molar-refractivity contribution in [3.63, 3.8) is 0 Å². The second kappa shape index (κ2) is 3.64. The van der Waals surface area contributed by atoms with Crippen LogP contribution in [0.2, 0.25) is 0 Å². The van der Waals surface area contributed by atoms with Crippen molar-refractivity contribution in [2.45, 2.75) is 39.2 Å². The lowest BCUT2D eigenvalue weighted by atomic mass is 10.1. The van der Waals surface area contributed by atoms with Crippen molar-refractivity contribution < 1.29 is 0 Å². The Kier molecular flexibility index (Phi) is 2.48. The van der Waals surface area contributed by atoms with Crippen molar-refractivity contribution in [3.8, 4) is 0 Å². The molecule has 14 heavy (non-hydrogen) atoms. The Morgan fingerprint density at radius 3 is 2.86 bits per heavy atom. The minimum Gasteiger partial charge on any atom is -0.380 e. The summed E-state index contributed by atoms with van der Waals surface area (Å²) in [5, 5.41) is 7.74. The Labute approximate surface area is 85.5 Å². The third-order valence-electron chi connectivity index (χ3n) is 3.02. The van der Waals surface area contributed by atoms with Crippen LogP contribution in [0.1, 0.15) is 31.9 Å². The molecule has 0 radical (unpaired) electrons. The molecule has 0 aromatic carbocycles. The summed E-state index contributed by atoms with van der Waals surface area (Å²) in [6, 6.07) is 0.574. The van der Waals surface area contributed by atoms with Gasteiger partial charge in [-0.2, -0.15) is 5.10 Å². The predicted octanol–water partition coefficient (Wildman–Crippen LogP) is 2.33. The Bertz CT molecular complexity index is 312. The summed E-state index contributed by atoms with van der Waals surface area (Å²) in [7, 11) is 1.98. The standard InChI is InChI=1S/C11H19N3/c1-8(6-10-4-5-10)13-11-7-12-14(3)9(11)2/h7-8,10,13H,4-6H2,1-3H3. The fourth-order valence-electron chi connectivity index (χ4n) is 1.82. The Hall–Kier alpha value is -0.990. The van der Waals surface area contributed by atoms with Gasteiger partial charge in [0.05, 0.1) is 17.6 Å². The first-order valence-corrected chi connectivity index (χ1v) is 5.42. The highest BCUT2D eigenvalue weighted by atomic mass is 15.3. The number of aryl methyl sites for hydroxylation is 1. The van der Waals surface area contributed by atoms with E-state index in [0.29, 0.717) is 6.04 Å². The van der Waals surface area contributed by atoms with Crippen molar-refractivity contribution in [2.24, 2.45) is 13.0 Å². The third-order valence-corrected chi connectivity index (χ3v) is 3.02. The number of nitrogens with one attached hydrogen (secondary N) is 1. The van der Waals surface area contributed by atoms with Gasteiger partial charge in [-0.15, -0.1) is 0 Å². The first-order valence-electron chi connectivity index (χ1n) is 5.42. The summed E-state index contributed by atoms with van der Waals surface area (Å²) in [5.74, 6) is 0.981. The molecule has 0 bridgehead atoms. The molecule has 0 spiro atoms. The highest BCUT2D eigenvalue weighted by molar-refractivity contribution is 5.46. The second-order valence-corrected chi connectivity index (χ2v) is 4.49. The van der Waals surface area contributed by atoms with E-state index < -0.39 is 0 Å². The van der Waals surface area contributed by atoms with Gasteiger partial charge < -0.3 is 5.32 Å². The van der Waals surface area contributed by atoms with Crippen LogP contribution in [-0.4, -0.2) is 15.8 Å². The van der Waals surface area contributed by atoms with Gasteiger partial charge in [0.25, 0.3) is 0 Å². The molecular formula is C11H19N3. The van der Waals surface area contributed by atoms with E-state index in [1.807, 2.05) is 17.9 Å². The largest absolute Gasteiger partial charge is 0.380 e. The number of anilines is 1. The molecule has 0 aliphatic heterocycles. The van der Waals surface area contributed by atoms with Crippen LogP contribution >= 0.6 is 0 Å². The van der Waals surface area contributed by atoms with E-state index in [1.165, 1.54) is 30.6 Å². The molecule has 1 aliphatic carbocycles. The van der Waals surface area contributed by atoms with E-state index >= 15 is 0 Å². The molecule has 3 heteroatoms. The number of nitrogens with zero attached hydrogens (tertiary/aromatic N) is 2. The van der Waals surface area contributed by atoms with E-state index in [-0.39, 0.29) is 0 Å². The molecule has 1 unspecified atom stereocenters. The molecule has 1 aromatic rings. The first-order chi connectivity index (χ1) is 6.66. The van der Waals surface area contributed by atoms with Crippen LogP contribution in [0.5, 0.6) is 0 Å². The highest BCUT2D eigenvalue weighted by Gasteiger charge is 2.23. The summed E-state index contributed by atoms with van der Waals surface area (Å²) in [5.41, 5.74) is 2.40. The van der Waals surface area contributed by atoms with Crippen LogP contribution in [-0.2, 0) is 7.05 Å². The van der Waals surface area contributed by atoms with Crippen LogP contribution in [0.25, 0.3) is 0 Å². The van der Waals surface area contributed by atoms with Crippen molar-refractivity contribution >= 4 is 5.69 Å². The fourth-order valence-corrected chi connectivity index (χ4v) is 1.82. The predicted molar refractivity (Wildman–Crippen MR) is 58.4 cm³/mol. The van der Waals surface area contributed by atoms with Crippen LogP contribution < -0.4 is 5.32 Å². The topological polar surface area (TPSA) is 29.9 Å². The zero-order valence-corrected chi connectivity index (χ0v) is 9.25. The van der Waals surface area contributed by atoms with Gasteiger partial charge in [0, 0.05) is 13.1 Å². The van der Waals surface area contributed by atoms with Crippen LogP contribution in [0.15, 0.2) is 6.20 Å². The Balaban J connectivity index is 1.91. The first kappa shape index (κ1) is 9.56. The molecule has 1 saturated carbocycles. The van der Waals surface area contributed by atoms with Crippen molar-refractivity contribution in [2.75, 3.05) is 5.32 Å². The van der Waals surface area contributed by atoms with Crippen molar-refractivity contribution in [1.29, 1.82) is 0 Å². The van der Waals surface area contributed by atoms with Gasteiger partial charge in [0.1, 0.15) is 0 Å². The molecule has 78 valence electrons. The van der Waals surface area contributed by atoms with E-state index in [2.05, 4.69) is 24.3 Å². The van der Waals surface area contributed by atoms with E-state index in [9.17, 15) is 0 Å². The van der Waals surface area contributed by atoms with E-state index in [4.69, 9.17) is 0 Å².